The van der Waals surface area contributed by atoms with E-state index in [4.69, 9.17) is 0 Å². The summed E-state index contributed by atoms with van der Waals surface area (Å²) < 4.78 is 22.6. The smallest absolute Gasteiger partial charge is 0.194 e. The van der Waals surface area contributed by atoms with Crippen molar-refractivity contribution in [1.29, 1.82) is 0 Å². The molecular weight excluding hydrogens is 425 g/mol. The summed E-state index contributed by atoms with van der Waals surface area (Å²) >= 11 is 0. The molecule has 5 nitrogen and oxygen atoms in total. The quantitative estimate of drug-likeness (QED) is 0.425. The fraction of sp³-hybridized carbons (Fsp3) is 0.562. The highest BCUT2D eigenvalue weighted by Crippen LogP contribution is 2.11. The van der Waals surface area contributed by atoms with E-state index >= 15 is 0 Å². The summed E-state index contributed by atoms with van der Waals surface area (Å²) in [5.41, 5.74) is 1.91. The van der Waals surface area contributed by atoms with E-state index in [2.05, 4.69) is 22.1 Å². The van der Waals surface area contributed by atoms with Crippen molar-refractivity contribution in [3.8, 4) is 0 Å². The highest BCUT2D eigenvalue weighted by atomic mass is 127. The minimum Gasteiger partial charge on any atom is -0.357 e. The van der Waals surface area contributed by atoms with E-state index in [1.807, 2.05) is 24.3 Å². The molecule has 1 aromatic rings. The molecule has 0 bridgehead atoms. The lowest BCUT2D eigenvalue weighted by Gasteiger charge is -2.20. The maximum atomic E-state index is 11.3. The third kappa shape index (κ3) is 7.07. The molecule has 130 valence electrons. The Hall–Kier alpha value is -0.830. The van der Waals surface area contributed by atoms with Crippen LogP contribution in [0.2, 0.25) is 0 Å². The second-order valence-electron chi connectivity index (χ2n) is 5.75. The molecule has 2 rings (SSSR count). The summed E-state index contributed by atoms with van der Waals surface area (Å²) in [5, 5.41) is 3.33. The second-order valence-corrected chi connectivity index (χ2v) is 7.89. The Kier molecular flexibility index (Phi) is 8.32. The summed E-state index contributed by atoms with van der Waals surface area (Å²) in [6, 6.07) is 7.65. The van der Waals surface area contributed by atoms with Crippen LogP contribution in [-0.4, -0.2) is 45.2 Å². The molecule has 0 unspecified atom stereocenters. The van der Waals surface area contributed by atoms with E-state index in [-0.39, 0.29) is 29.7 Å². The Morgan fingerprint density at radius 2 is 1.74 bits per heavy atom. The molecule has 0 aromatic heterocycles. The van der Waals surface area contributed by atoms with Gasteiger partial charge >= 0.3 is 0 Å². The van der Waals surface area contributed by atoms with E-state index in [0.717, 1.165) is 36.7 Å². The van der Waals surface area contributed by atoms with Crippen molar-refractivity contribution in [1.82, 2.24) is 10.2 Å². The van der Waals surface area contributed by atoms with Gasteiger partial charge in [-0.3, -0.25) is 0 Å². The lowest BCUT2D eigenvalue weighted by Crippen LogP contribution is -2.39. The van der Waals surface area contributed by atoms with Gasteiger partial charge in [-0.15, -0.1) is 24.0 Å². The topological polar surface area (TPSA) is 61.8 Å². The molecule has 1 aliphatic rings. The number of nitrogens with one attached hydrogen (secondary N) is 1. The first kappa shape index (κ1) is 20.2. The molecule has 1 heterocycles. The van der Waals surface area contributed by atoms with E-state index in [1.165, 1.54) is 19.1 Å². The predicted molar refractivity (Wildman–Crippen MR) is 106 cm³/mol. The standard InChI is InChI=1S/C16H25N3O2S.HI/c1-3-17-16(19-10-4-5-11-19)18-12-14-6-8-15(9-7-14)13-22(2,20)21;/h6-9H,3-5,10-13H2,1-2H3,(H,17,18);1H. The number of guanidine groups is 1. The van der Waals surface area contributed by atoms with Gasteiger partial charge in [0.2, 0.25) is 0 Å². The predicted octanol–water partition coefficient (Wildman–Crippen LogP) is 2.41. The van der Waals surface area contributed by atoms with Crippen molar-refractivity contribution in [2.45, 2.75) is 32.1 Å². The Balaban J connectivity index is 0.00000264. The average Bonchev–Trinajstić information content (AvgIpc) is 2.97. The minimum atomic E-state index is -2.98. The van der Waals surface area contributed by atoms with Crippen molar-refractivity contribution in [3.63, 3.8) is 0 Å². The maximum Gasteiger partial charge on any atom is 0.194 e. The minimum absolute atomic E-state index is 0. The van der Waals surface area contributed by atoms with Gasteiger partial charge in [0.1, 0.15) is 0 Å². The summed E-state index contributed by atoms with van der Waals surface area (Å²) in [4.78, 5) is 6.98. The molecule has 1 aromatic carbocycles. The van der Waals surface area contributed by atoms with Gasteiger partial charge < -0.3 is 10.2 Å². The third-order valence-corrected chi connectivity index (χ3v) is 4.46. The maximum absolute atomic E-state index is 11.3. The summed E-state index contributed by atoms with van der Waals surface area (Å²) in [5.74, 6) is 1.06. The van der Waals surface area contributed by atoms with E-state index in [1.54, 1.807) is 0 Å². The fourth-order valence-electron chi connectivity index (χ4n) is 2.56. The van der Waals surface area contributed by atoms with Crippen molar-refractivity contribution >= 4 is 39.8 Å². The lowest BCUT2D eigenvalue weighted by atomic mass is 10.1. The van der Waals surface area contributed by atoms with Gasteiger partial charge in [0.25, 0.3) is 0 Å². The number of nitrogens with zero attached hydrogens (tertiary/aromatic N) is 2. The van der Waals surface area contributed by atoms with E-state index in [0.29, 0.717) is 6.54 Å². The van der Waals surface area contributed by atoms with Crippen LogP contribution in [0, 0.1) is 0 Å². The molecule has 1 fully saturated rings. The molecule has 0 saturated carbocycles. The number of likely N-dealkylation sites (tertiary alicyclic amines) is 1. The Labute approximate surface area is 156 Å². The lowest BCUT2D eigenvalue weighted by molar-refractivity contribution is 0.493. The molecule has 1 N–H and O–H groups in total. The van der Waals surface area contributed by atoms with Crippen LogP contribution in [0.4, 0.5) is 0 Å². The molecule has 0 atom stereocenters. The zero-order chi connectivity index (χ0) is 16.0. The average molecular weight is 451 g/mol. The van der Waals surface area contributed by atoms with Crippen molar-refractivity contribution < 1.29 is 8.42 Å². The molecule has 0 spiro atoms. The van der Waals surface area contributed by atoms with Crippen LogP contribution in [0.3, 0.4) is 0 Å². The highest BCUT2D eigenvalue weighted by molar-refractivity contribution is 14.0. The van der Waals surface area contributed by atoms with E-state index in [9.17, 15) is 8.42 Å². The van der Waals surface area contributed by atoms with Crippen molar-refractivity contribution in [3.05, 3.63) is 35.4 Å². The van der Waals surface area contributed by atoms with Gasteiger partial charge in [-0.25, -0.2) is 13.4 Å². The van der Waals surface area contributed by atoms with Crippen LogP contribution < -0.4 is 5.32 Å². The number of aliphatic imine (C=N–C) groups is 1. The van der Waals surface area contributed by atoms with E-state index < -0.39 is 9.84 Å². The van der Waals surface area contributed by atoms with Crippen LogP contribution >= 0.6 is 24.0 Å². The van der Waals surface area contributed by atoms with Gasteiger partial charge in [-0.1, -0.05) is 24.3 Å². The molecule has 23 heavy (non-hydrogen) atoms. The number of benzene rings is 1. The number of hydrogen-bond acceptors (Lipinski definition) is 3. The normalized spacial score (nSPS) is 15.4. The zero-order valence-corrected chi connectivity index (χ0v) is 16.9. The van der Waals surface area contributed by atoms with Gasteiger partial charge in [-0.05, 0) is 30.9 Å². The summed E-state index contributed by atoms with van der Waals surface area (Å²) in [6.45, 7) is 5.68. The largest absolute Gasteiger partial charge is 0.357 e. The van der Waals surface area contributed by atoms with Crippen molar-refractivity contribution in [2.75, 3.05) is 25.9 Å². The van der Waals surface area contributed by atoms with Gasteiger partial charge in [0.15, 0.2) is 15.8 Å². The number of sulfone groups is 1. The molecule has 1 saturated heterocycles. The molecule has 0 radical (unpaired) electrons. The summed E-state index contributed by atoms with van der Waals surface area (Å²) in [7, 11) is -2.98. The van der Waals surface area contributed by atoms with Crippen LogP contribution in [0.25, 0.3) is 0 Å². The SMILES string of the molecule is CCNC(=NCc1ccc(CS(C)(=O)=O)cc1)N1CCCC1.I. The highest BCUT2D eigenvalue weighted by Gasteiger charge is 2.15. The zero-order valence-electron chi connectivity index (χ0n) is 13.8. The number of halogens is 1. The number of hydrogen-bond donors (Lipinski definition) is 1. The first-order valence-corrected chi connectivity index (χ1v) is 9.83. The first-order valence-electron chi connectivity index (χ1n) is 7.77. The number of rotatable bonds is 5. The van der Waals surface area contributed by atoms with Gasteiger partial charge in [0, 0.05) is 25.9 Å². The van der Waals surface area contributed by atoms with Crippen LogP contribution in [0.15, 0.2) is 29.3 Å². The fourth-order valence-corrected chi connectivity index (χ4v) is 3.36. The van der Waals surface area contributed by atoms with Gasteiger partial charge in [0.05, 0.1) is 12.3 Å². The van der Waals surface area contributed by atoms with Crippen LogP contribution in [0.5, 0.6) is 0 Å². The van der Waals surface area contributed by atoms with Crippen LogP contribution in [0.1, 0.15) is 30.9 Å². The molecule has 0 amide bonds. The second kappa shape index (κ2) is 9.46. The molecule has 7 heteroatoms. The molecule has 0 aliphatic carbocycles. The van der Waals surface area contributed by atoms with Crippen LogP contribution in [-0.2, 0) is 22.1 Å². The first-order chi connectivity index (χ1) is 10.5. The van der Waals surface area contributed by atoms with Crippen molar-refractivity contribution in [2.24, 2.45) is 4.99 Å². The molecular formula is C16H26IN3O2S. The summed E-state index contributed by atoms with van der Waals surface area (Å²) in [6.07, 6.45) is 3.71. The third-order valence-electron chi connectivity index (χ3n) is 3.60. The Morgan fingerprint density at radius 3 is 2.26 bits per heavy atom. The Bertz CT molecular complexity index is 609. The monoisotopic (exact) mass is 451 g/mol. The van der Waals surface area contributed by atoms with Gasteiger partial charge in [-0.2, -0.15) is 0 Å². The molecule has 1 aliphatic heterocycles. The Morgan fingerprint density at radius 1 is 1.17 bits per heavy atom.